The molecule has 0 spiro atoms. The first-order valence-electron chi connectivity index (χ1n) is 11.5. The van der Waals surface area contributed by atoms with Gasteiger partial charge in [-0.05, 0) is 100 Å². The van der Waals surface area contributed by atoms with Gasteiger partial charge < -0.3 is 19.1 Å². The van der Waals surface area contributed by atoms with Gasteiger partial charge in [0.1, 0.15) is 17.2 Å². The zero-order chi connectivity index (χ0) is 22.2. The first-order valence-corrected chi connectivity index (χ1v) is 12.3. The monoisotopic (exact) mass is 497 g/mol. The molecule has 0 unspecified atom stereocenters. The number of carbonyl (C=O) groups excluding carboxylic acids is 1. The van der Waals surface area contributed by atoms with Crippen molar-refractivity contribution in [2.24, 2.45) is 0 Å². The van der Waals surface area contributed by atoms with Crippen LogP contribution in [0.3, 0.4) is 0 Å². The number of hydrogen-bond acceptors (Lipinski definition) is 4. The molecule has 1 amide bonds. The van der Waals surface area contributed by atoms with Crippen LogP contribution in [0.15, 0.2) is 22.7 Å². The molecule has 5 nitrogen and oxygen atoms in total. The Hall–Kier alpha value is -1.34. The third-order valence-corrected chi connectivity index (χ3v) is 7.14. The summed E-state index contributed by atoms with van der Waals surface area (Å²) in [6.45, 7) is 5.74. The molecule has 7 heteroatoms. The first-order chi connectivity index (χ1) is 14.7. The lowest BCUT2D eigenvalue weighted by atomic mass is 9.93. The zero-order valence-corrected chi connectivity index (χ0v) is 20.2. The van der Waals surface area contributed by atoms with Crippen LogP contribution in [0.4, 0.5) is 9.18 Å². The molecule has 3 fully saturated rings. The summed E-state index contributed by atoms with van der Waals surface area (Å²) in [5.41, 5.74) is -0.466. The maximum atomic E-state index is 13.7. The van der Waals surface area contributed by atoms with E-state index >= 15 is 0 Å². The van der Waals surface area contributed by atoms with Crippen LogP contribution in [0.1, 0.15) is 72.1 Å². The van der Waals surface area contributed by atoms with Crippen molar-refractivity contribution in [1.29, 1.82) is 0 Å². The van der Waals surface area contributed by atoms with E-state index in [1.807, 2.05) is 25.7 Å². The minimum atomic E-state index is -0.466. The lowest BCUT2D eigenvalue weighted by molar-refractivity contribution is -0.0813. The predicted molar refractivity (Wildman–Crippen MR) is 120 cm³/mol. The summed E-state index contributed by atoms with van der Waals surface area (Å²) in [5.74, 6) is 0.276. The minimum absolute atomic E-state index is 0.102. The predicted octanol–water partition coefficient (Wildman–Crippen LogP) is 6.23. The number of rotatable bonds is 4. The maximum absolute atomic E-state index is 13.7. The fraction of sp³-hybridized carbons (Fsp3) is 0.708. The summed E-state index contributed by atoms with van der Waals surface area (Å²) in [5, 5.41) is 0. The third kappa shape index (κ3) is 5.72. The van der Waals surface area contributed by atoms with Gasteiger partial charge in [-0.1, -0.05) is 0 Å². The van der Waals surface area contributed by atoms with Crippen molar-refractivity contribution < 1.29 is 23.4 Å². The van der Waals surface area contributed by atoms with E-state index in [1.165, 1.54) is 6.07 Å². The number of amides is 1. The van der Waals surface area contributed by atoms with E-state index in [0.29, 0.717) is 10.2 Å². The van der Waals surface area contributed by atoms with E-state index in [9.17, 15) is 9.18 Å². The molecule has 0 aromatic heterocycles. The highest BCUT2D eigenvalue weighted by atomic mass is 79.9. The molecule has 2 heterocycles. The lowest BCUT2D eigenvalue weighted by Gasteiger charge is -2.41. The number of carbonyl (C=O) groups is 1. The van der Waals surface area contributed by atoms with Gasteiger partial charge in [0, 0.05) is 18.2 Å². The van der Waals surface area contributed by atoms with Gasteiger partial charge in [-0.2, -0.15) is 0 Å². The number of fused-ring (bicyclic) bond motifs is 2. The van der Waals surface area contributed by atoms with Crippen molar-refractivity contribution in [3.63, 3.8) is 0 Å². The minimum Gasteiger partial charge on any atom is -0.490 e. The van der Waals surface area contributed by atoms with E-state index < -0.39 is 5.60 Å². The summed E-state index contributed by atoms with van der Waals surface area (Å²) in [6.07, 6.45) is 7.94. The van der Waals surface area contributed by atoms with Gasteiger partial charge in [-0.25, -0.2) is 9.18 Å². The van der Waals surface area contributed by atoms with Crippen LogP contribution in [0, 0.1) is 5.82 Å². The van der Waals surface area contributed by atoms with Crippen molar-refractivity contribution >= 4 is 22.0 Å². The highest BCUT2D eigenvalue weighted by Gasteiger charge is 2.45. The van der Waals surface area contributed by atoms with Crippen molar-refractivity contribution in [3.8, 4) is 5.75 Å². The smallest absolute Gasteiger partial charge is 0.410 e. The van der Waals surface area contributed by atoms with E-state index in [1.54, 1.807) is 12.1 Å². The quantitative estimate of drug-likeness (QED) is 0.494. The van der Waals surface area contributed by atoms with Crippen LogP contribution in [0.2, 0.25) is 0 Å². The summed E-state index contributed by atoms with van der Waals surface area (Å²) in [7, 11) is 0. The molecule has 3 aliphatic rings. The van der Waals surface area contributed by atoms with Gasteiger partial charge in [-0.3, -0.25) is 0 Å². The Morgan fingerprint density at radius 1 is 1.00 bits per heavy atom. The molecular formula is C24H33BrFNO4. The molecule has 0 radical (unpaired) electrons. The van der Waals surface area contributed by atoms with Crippen LogP contribution in [-0.2, 0) is 9.47 Å². The van der Waals surface area contributed by atoms with Crippen LogP contribution in [0.5, 0.6) is 5.75 Å². The van der Waals surface area contributed by atoms with Gasteiger partial charge in [0.05, 0.1) is 22.8 Å². The molecule has 31 heavy (non-hydrogen) atoms. The molecule has 3 atom stereocenters. The van der Waals surface area contributed by atoms with E-state index in [0.717, 1.165) is 51.4 Å². The fourth-order valence-electron chi connectivity index (χ4n) is 5.15. The van der Waals surface area contributed by atoms with Gasteiger partial charge in [-0.15, -0.1) is 0 Å². The molecule has 1 aliphatic carbocycles. The maximum Gasteiger partial charge on any atom is 0.410 e. The van der Waals surface area contributed by atoms with Gasteiger partial charge >= 0.3 is 6.09 Å². The fourth-order valence-corrected chi connectivity index (χ4v) is 5.40. The standard InChI is InChI=1S/C24H33BrFNO4/c1-24(2,3)31-23(28)27-15-4-5-16(27)13-20(12-15)30-18-8-6-17(7-9-18)29-19-10-11-21(25)22(26)14-19/h10-11,14-18,20H,4-9,12-13H2,1-3H3/t15-,16+,17-,18-,20-. The van der Waals surface area contributed by atoms with Crippen molar-refractivity contribution in [2.45, 2.75) is 108 Å². The summed E-state index contributed by atoms with van der Waals surface area (Å²) in [6, 6.07) is 5.36. The molecule has 2 bridgehead atoms. The summed E-state index contributed by atoms with van der Waals surface area (Å²) in [4.78, 5) is 14.6. The first kappa shape index (κ1) is 22.8. The average molecular weight is 498 g/mol. The number of ether oxygens (including phenoxy) is 3. The number of hydrogen-bond donors (Lipinski definition) is 0. The van der Waals surface area contributed by atoms with Crippen LogP contribution < -0.4 is 4.74 Å². The van der Waals surface area contributed by atoms with Gasteiger partial charge in [0.2, 0.25) is 0 Å². The summed E-state index contributed by atoms with van der Waals surface area (Å²) < 4.78 is 32.2. The number of benzene rings is 1. The Morgan fingerprint density at radius 2 is 1.61 bits per heavy atom. The molecule has 1 saturated carbocycles. The molecule has 0 N–H and O–H groups in total. The topological polar surface area (TPSA) is 48.0 Å². The number of halogens is 2. The second kappa shape index (κ2) is 9.26. The van der Waals surface area contributed by atoms with E-state index in [-0.39, 0.29) is 42.3 Å². The Kier molecular flexibility index (Phi) is 6.82. The van der Waals surface area contributed by atoms with Crippen molar-refractivity contribution in [1.82, 2.24) is 4.90 Å². The average Bonchev–Trinajstić information content (AvgIpc) is 2.96. The van der Waals surface area contributed by atoms with Crippen molar-refractivity contribution in [3.05, 3.63) is 28.5 Å². The Morgan fingerprint density at radius 3 is 2.19 bits per heavy atom. The highest BCUT2D eigenvalue weighted by Crippen LogP contribution is 2.39. The van der Waals surface area contributed by atoms with Crippen LogP contribution >= 0.6 is 15.9 Å². The number of piperidine rings is 1. The summed E-state index contributed by atoms with van der Waals surface area (Å²) >= 11 is 3.17. The molecule has 1 aromatic carbocycles. The Balaban J connectivity index is 1.24. The number of nitrogens with zero attached hydrogens (tertiary/aromatic N) is 1. The second-order valence-electron chi connectivity index (χ2n) is 10.1. The second-order valence-corrected chi connectivity index (χ2v) is 10.9. The lowest BCUT2D eigenvalue weighted by Crippen LogP contribution is -2.50. The SMILES string of the molecule is CC(C)(C)OC(=O)N1[C@@H]2CC[C@H]1C[C@H](O[C@H]1CC[C@H](Oc3ccc(Br)c(F)c3)CC1)C2. The molecule has 1 aromatic rings. The zero-order valence-electron chi connectivity index (χ0n) is 18.6. The van der Waals surface area contributed by atoms with Crippen LogP contribution in [-0.4, -0.2) is 47.0 Å². The Labute approximate surface area is 192 Å². The Bertz CT molecular complexity index is 776. The molecule has 2 saturated heterocycles. The van der Waals surface area contributed by atoms with E-state index in [4.69, 9.17) is 14.2 Å². The molecule has 2 aliphatic heterocycles. The third-order valence-electron chi connectivity index (χ3n) is 6.49. The molecule has 4 rings (SSSR count). The largest absolute Gasteiger partial charge is 0.490 e. The van der Waals surface area contributed by atoms with Gasteiger partial charge in [0.25, 0.3) is 0 Å². The normalized spacial score (nSPS) is 30.9. The van der Waals surface area contributed by atoms with Crippen molar-refractivity contribution in [2.75, 3.05) is 0 Å². The van der Waals surface area contributed by atoms with E-state index in [2.05, 4.69) is 15.9 Å². The molecular weight excluding hydrogens is 465 g/mol. The highest BCUT2D eigenvalue weighted by molar-refractivity contribution is 9.10. The van der Waals surface area contributed by atoms with Gasteiger partial charge in [0.15, 0.2) is 0 Å². The van der Waals surface area contributed by atoms with Crippen LogP contribution in [0.25, 0.3) is 0 Å². The molecule has 172 valence electrons.